The van der Waals surface area contributed by atoms with Gasteiger partial charge in [0.05, 0.1) is 11.2 Å². The first-order valence-electron chi connectivity index (χ1n) is 6.58. The van der Waals surface area contributed by atoms with Crippen LogP contribution in [0.15, 0.2) is 18.2 Å². The van der Waals surface area contributed by atoms with Crippen molar-refractivity contribution < 1.29 is 23.2 Å². The van der Waals surface area contributed by atoms with Gasteiger partial charge in [-0.1, -0.05) is 18.2 Å². The lowest BCUT2D eigenvalue weighted by molar-refractivity contribution is 0.00578. The van der Waals surface area contributed by atoms with Crippen LogP contribution in [0.4, 0.5) is 8.78 Å². The van der Waals surface area contributed by atoms with E-state index >= 15 is 0 Å². The SMILES string of the molecule is CC1(C)OB(c2cccc(CC(F)F)c2O)OC1(C)C. The average Bonchev–Trinajstić information content (AvgIpc) is 2.50. The van der Waals surface area contributed by atoms with Crippen molar-refractivity contribution in [1.82, 2.24) is 0 Å². The lowest BCUT2D eigenvalue weighted by Crippen LogP contribution is -2.41. The van der Waals surface area contributed by atoms with Gasteiger partial charge in [0.2, 0.25) is 6.43 Å². The smallest absolute Gasteiger partial charge is 0.498 e. The Morgan fingerprint density at radius 3 is 2.20 bits per heavy atom. The minimum atomic E-state index is -2.51. The highest BCUT2D eigenvalue weighted by Crippen LogP contribution is 2.37. The number of benzene rings is 1. The molecule has 1 fully saturated rings. The van der Waals surface area contributed by atoms with Crippen molar-refractivity contribution in [3.05, 3.63) is 23.8 Å². The maximum atomic E-state index is 12.5. The maximum absolute atomic E-state index is 12.5. The molecule has 0 atom stereocenters. The standard InChI is InChI=1S/C14H19BF2O3/c1-13(2)14(3,4)20-15(19-13)10-7-5-6-9(12(10)18)8-11(16)17/h5-7,11,18H,8H2,1-4H3. The predicted octanol–water partition coefficient (Wildman–Crippen LogP) is 2.50. The van der Waals surface area contributed by atoms with Crippen molar-refractivity contribution in [2.75, 3.05) is 0 Å². The molecule has 1 N–H and O–H groups in total. The zero-order valence-corrected chi connectivity index (χ0v) is 12.1. The Balaban J connectivity index is 2.31. The summed E-state index contributed by atoms with van der Waals surface area (Å²) in [6.45, 7) is 7.58. The predicted molar refractivity (Wildman–Crippen MR) is 73.5 cm³/mol. The summed E-state index contributed by atoms with van der Waals surface area (Å²) in [7, 11) is -0.752. The second-order valence-electron chi connectivity index (χ2n) is 6.04. The number of hydrogen-bond acceptors (Lipinski definition) is 3. The molecule has 3 nitrogen and oxygen atoms in total. The van der Waals surface area contributed by atoms with Gasteiger partial charge in [-0.15, -0.1) is 0 Å². The van der Waals surface area contributed by atoms with E-state index in [2.05, 4.69) is 0 Å². The van der Waals surface area contributed by atoms with Crippen LogP contribution >= 0.6 is 0 Å². The number of phenolic OH excluding ortho intramolecular Hbond substituents is 1. The van der Waals surface area contributed by atoms with Crippen molar-refractivity contribution in [3.8, 4) is 5.75 Å². The highest BCUT2D eigenvalue weighted by atomic mass is 19.3. The fraction of sp³-hybridized carbons (Fsp3) is 0.571. The van der Waals surface area contributed by atoms with Crippen LogP contribution in [0.1, 0.15) is 33.3 Å². The lowest BCUT2D eigenvalue weighted by Gasteiger charge is -2.32. The quantitative estimate of drug-likeness (QED) is 0.867. The molecule has 6 heteroatoms. The van der Waals surface area contributed by atoms with E-state index in [1.165, 1.54) is 6.07 Å². The van der Waals surface area contributed by atoms with Gasteiger partial charge in [0.1, 0.15) is 5.75 Å². The van der Waals surface area contributed by atoms with Crippen molar-refractivity contribution in [1.29, 1.82) is 0 Å². The van der Waals surface area contributed by atoms with Gasteiger partial charge in [-0.2, -0.15) is 0 Å². The molecule has 110 valence electrons. The first-order chi connectivity index (χ1) is 9.14. The number of hydrogen-bond donors (Lipinski definition) is 1. The third-order valence-electron chi connectivity index (χ3n) is 4.03. The second kappa shape index (κ2) is 5.00. The molecule has 0 saturated carbocycles. The Bertz CT molecular complexity index is 487. The molecule has 0 unspecified atom stereocenters. The molecular formula is C14H19BF2O3. The Labute approximate surface area is 118 Å². The summed E-state index contributed by atoms with van der Waals surface area (Å²) in [4.78, 5) is 0. The van der Waals surface area contributed by atoms with Gasteiger partial charge in [-0.3, -0.25) is 0 Å². The summed E-state index contributed by atoms with van der Waals surface area (Å²) in [6, 6.07) is 4.74. The van der Waals surface area contributed by atoms with E-state index in [-0.39, 0.29) is 11.3 Å². The van der Waals surface area contributed by atoms with Crippen molar-refractivity contribution in [3.63, 3.8) is 0 Å². The van der Waals surface area contributed by atoms with Crippen LogP contribution in [-0.2, 0) is 15.7 Å². The van der Waals surface area contributed by atoms with Crippen molar-refractivity contribution in [2.24, 2.45) is 0 Å². The van der Waals surface area contributed by atoms with Crippen LogP contribution in [0.3, 0.4) is 0 Å². The molecule has 1 aliphatic heterocycles. The Hall–Kier alpha value is -1.14. The Morgan fingerprint density at radius 1 is 1.15 bits per heavy atom. The van der Waals surface area contributed by atoms with Gasteiger partial charge in [0.25, 0.3) is 0 Å². The molecule has 0 spiro atoms. The van der Waals surface area contributed by atoms with E-state index in [0.717, 1.165) is 0 Å². The molecule has 0 radical (unpaired) electrons. The minimum Gasteiger partial charge on any atom is -0.508 e. The van der Waals surface area contributed by atoms with E-state index in [0.29, 0.717) is 5.46 Å². The summed E-state index contributed by atoms with van der Waals surface area (Å²) in [6.07, 6.45) is -2.99. The molecular weight excluding hydrogens is 265 g/mol. The lowest BCUT2D eigenvalue weighted by atomic mass is 9.77. The molecule has 1 aromatic rings. The van der Waals surface area contributed by atoms with Crippen LogP contribution < -0.4 is 5.46 Å². The molecule has 1 aromatic carbocycles. The van der Waals surface area contributed by atoms with Gasteiger partial charge in [0.15, 0.2) is 0 Å². The molecule has 2 rings (SSSR count). The average molecular weight is 284 g/mol. The normalized spacial score (nSPS) is 20.6. The number of para-hydroxylation sites is 1. The van der Waals surface area contributed by atoms with E-state index in [9.17, 15) is 13.9 Å². The van der Waals surface area contributed by atoms with Gasteiger partial charge >= 0.3 is 7.12 Å². The summed E-state index contributed by atoms with van der Waals surface area (Å²) < 4.78 is 36.6. The number of aromatic hydroxyl groups is 1. The molecule has 20 heavy (non-hydrogen) atoms. The van der Waals surface area contributed by atoms with Gasteiger partial charge in [0, 0.05) is 11.9 Å². The highest BCUT2D eigenvalue weighted by molar-refractivity contribution is 6.63. The summed E-state index contributed by atoms with van der Waals surface area (Å²) in [5, 5.41) is 10.1. The van der Waals surface area contributed by atoms with Crippen molar-refractivity contribution in [2.45, 2.75) is 51.7 Å². The second-order valence-corrected chi connectivity index (χ2v) is 6.04. The molecule has 0 aromatic heterocycles. The first kappa shape index (κ1) is 15.3. The Morgan fingerprint density at radius 2 is 1.70 bits per heavy atom. The van der Waals surface area contributed by atoms with Gasteiger partial charge < -0.3 is 14.4 Å². The fourth-order valence-electron chi connectivity index (χ4n) is 2.10. The van der Waals surface area contributed by atoms with Crippen molar-refractivity contribution >= 4 is 12.6 Å². The number of halogens is 2. The van der Waals surface area contributed by atoms with E-state index in [4.69, 9.17) is 9.31 Å². The van der Waals surface area contributed by atoms with E-state index < -0.39 is 31.2 Å². The number of rotatable bonds is 3. The topological polar surface area (TPSA) is 38.7 Å². The van der Waals surface area contributed by atoms with Crippen LogP contribution in [0.2, 0.25) is 0 Å². The molecule has 1 heterocycles. The van der Waals surface area contributed by atoms with E-state index in [1.54, 1.807) is 12.1 Å². The molecule has 0 aliphatic carbocycles. The van der Waals surface area contributed by atoms with Crippen LogP contribution in [0.5, 0.6) is 5.75 Å². The maximum Gasteiger partial charge on any atom is 0.498 e. The summed E-state index contributed by atoms with van der Waals surface area (Å²) in [5.41, 5.74) is -0.486. The molecule has 0 amide bonds. The summed E-state index contributed by atoms with van der Waals surface area (Å²) in [5.74, 6) is -0.175. The van der Waals surface area contributed by atoms with Crippen LogP contribution in [0.25, 0.3) is 0 Å². The molecule has 1 saturated heterocycles. The third-order valence-corrected chi connectivity index (χ3v) is 4.03. The zero-order valence-electron chi connectivity index (χ0n) is 12.1. The molecule has 0 bridgehead atoms. The van der Waals surface area contributed by atoms with Crippen LogP contribution in [-0.4, -0.2) is 29.9 Å². The summed E-state index contributed by atoms with van der Waals surface area (Å²) >= 11 is 0. The first-order valence-corrected chi connectivity index (χ1v) is 6.58. The fourth-order valence-corrected chi connectivity index (χ4v) is 2.10. The number of phenols is 1. The largest absolute Gasteiger partial charge is 0.508 e. The monoisotopic (exact) mass is 284 g/mol. The molecule has 1 aliphatic rings. The zero-order chi connectivity index (χ0) is 15.1. The van der Waals surface area contributed by atoms with Gasteiger partial charge in [-0.25, -0.2) is 8.78 Å². The van der Waals surface area contributed by atoms with E-state index in [1.807, 2.05) is 27.7 Å². The number of alkyl halides is 2. The third kappa shape index (κ3) is 2.67. The Kier molecular flexibility index (Phi) is 3.82. The van der Waals surface area contributed by atoms with Crippen LogP contribution in [0, 0.1) is 0 Å². The van der Waals surface area contributed by atoms with Gasteiger partial charge in [-0.05, 0) is 33.3 Å². The minimum absolute atomic E-state index is 0.175. The highest BCUT2D eigenvalue weighted by Gasteiger charge is 2.52.